The highest BCUT2D eigenvalue weighted by atomic mass is 14.9. The van der Waals surface area contributed by atoms with Crippen LogP contribution in [0.25, 0.3) is 0 Å². The molecule has 0 heterocycles. The summed E-state index contributed by atoms with van der Waals surface area (Å²) < 4.78 is 0. The van der Waals surface area contributed by atoms with E-state index in [1.807, 2.05) is 25.1 Å². The minimum Gasteiger partial charge on any atom is -0.354 e. The Balaban J connectivity index is 2.26. The smallest absolute Gasteiger partial charge is 0.101 e. The number of rotatable bonds is 3. The highest BCUT2D eigenvalue weighted by Crippen LogP contribution is 2.23. The van der Waals surface area contributed by atoms with Crippen molar-refractivity contribution in [2.45, 2.75) is 26.7 Å². The van der Waals surface area contributed by atoms with Gasteiger partial charge in [0.15, 0.2) is 0 Å². The number of hydrogen-bond donors (Lipinski definition) is 1. The Morgan fingerprint density at radius 3 is 2.32 bits per heavy atom. The molecule has 0 fully saturated rings. The average molecular weight is 250 g/mol. The van der Waals surface area contributed by atoms with E-state index in [1.54, 1.807) is 0 Å². The molecule has 0 radical (unpaired) electrons. The highest BCUT2D eigenvalue weighted by molar-refractivity contribution is 5.67. The van der Waals surface area contributed by atoms with Gasteiger partial charge in [0, 0.05) is 5.69 Å². The van der Waals surface area contributed by atoms with Gasteiger partial charge in [0.25, 0.3) is 0 Å². The Labute approximate surface area is 114 Å². The molecular formula is C17H18N2. The number of nitriles is 1. The molecular weight excluding hydrogens is 232 g/mol. The Kier molecular flexibility index (Phi) is 3.87. The van der Waals surface area contributed by atoms with Crippen LogP contribution in [0, 0.1) is 18.3 Å². The van der Waals surface area contributed by atoms with Gasteiger partial charge in [0.05, 0.1) is 11.3 Å². The first-order chi connectivity index (χ1) is 9.10. The van der Waals surface area contributed by atoms with Crippen LogP contribution >= 0.6 is 0 Å². The van der Waals surface area contributed by atoms with Gasteiger partial charge in [-0.3, -0.25) is 0 Å². The number of hydrogen-bond acceptors (Lipinski definition) is 2. The number of aryl methyl sites for hydroxylation is 1. The van der Waals surface area contributed by atoms with Crippen LogP contribution in [0.2, 0.25) is 0 Å². The first-order valence-corrected chi connectivity index (χ1v) is 6.48. The molecule has 0 unspecified atom stereocenters. The molecule has 0 atom stereocenters. The van der Waals surface area contributed by atoms with Crippen molar-refractivity contribution in [2.75, 3.05) is 5.32 Å². The molecule has 0 aliphatic heterocycles. The minimum atomic E-state index is 0.530. The van der Waals surface area contributed by atoms with E-state index in [2.05, 4.69) is 49.5 Å². The van der Waals surface area contributed by atoms with E-state index in [0.29, 0.717) is 11.5 Å². The van der Waals surface area contributed by atoms with E-state index < -0.39 is 0 Å². The van der Waals surface area contributed by atoms with Crippen LogP contribution in [0.15, 0.2) is 42.5 Å². The molecule has 0 saturated heterocycles. The predicted molar refractivity (Wildman–Crippen MR) is 79.7 cm³/mol. The summed E-state index contributed by atoms with van der Waals surface area (Å²) in [6.45, 7) is 6.38. The predicted octanol–water partition coefficient (Wildman–Crippen LogP) is 4.73. The van der Waals surface area contributed by atoms with E-state index in [-0.39, 0.29) is 0 Å². The summed E-state index contributed by atoms with van der Waals surface area (Å²) in [5.41, 5.74) is 4.99. The van der Waals surface area contributed by atoms with E-state index in [1.165, 1.54) is 5.56 Å². The maximum atomic E-state index is 9.11. The quantitative estimate of drug-likeness (QED) is 0.854. The zero-order chi connectivity index (χ0) is 13.8. The van der Waals surface area contributed by atoms with Crippen LogP contribution in [0.4, 0.5) is 11.4 Å². The third-order valence-corrected chi connectivity index (χ3v) is 3.15. The van der Waals surface area contributed by atoms with Crippen molar-refractivity contribution in [3.63, 3.8) is 0 Å². The lowest BCUT2D eigenvalue weighted by Crippen LogP contribution is -1.95. The van der Waals surface area contributed by atoms with Gasteiger partial charge < -0.3 is 5.32 Å². The number of nitrogens with zero attached hydrogens (tertiary/aromatic N) is 1. The largest absolute Gasteiger partial charge is 0.354 e. The Morgan fingerprint density at radius 2 is 1.74 bits per heavy atom. The van der Waals surface area contributed by atoms with E-state index in [0.717, 1.165) is 16.9 Å². The molecule has 2 aromatic rings. The molecule has 0 bridgehead atoms. The second-order valence-electron chi connectivity index (χ2n) is 5.06. The van der Waals surface area contributed by atoms with E-state index in [4.69, 9.17) is 5.26 Å². The van der Waals surface area contributed by atoms with Crippen LogP contribution in [0.1, 0.15) is 36.5 Å². The van der Waals surface area contributed by atoms with Crippen LogP contribution in [0.3, 0.4) is 0 Å². The summed E-state index contributed by atoms with van der Waals surface area (Å²) in [6.07, 6.45) is 0. The summed E-state index contributed by atoms with van der Waals surface area (Å²) in [6, 6.07) is 16.4. The number of nitrogens with one attached hydrogen (secondary N) is 1. The SMILES string of the molecule is Cc1ccc(C#N)c(Nc2ccc(C(C)C)cc2)c1. The molecule has 2 aromatic carbocycles. The van der Waals surface area contributed by atoms with E-state index >= 15 is 0 Å². The molecule has 0 amide bonds. The van der Waals surface area contributed by atoms with Crippen molar-refractivity contribution in [3.05, 3.63) is 59.2 Å². The second-order valence-corrected chi connectivity index (χ2v) is 5.06. The summed E-state index contributed by atoms with van der Waals surface area (Å²) >= 11 is 0. The van der Waals surface area contributed by atoms with Crippen molar-refractivity contribution in [1.29, 1.82) is 5.26 Å². The van der Waals surface area contributed by atoms with Crippen molar-refractivity contribution < 1.29 is 0 Å². The molecule has 2 nitrogen and oxygen atoms in total. The molecule has 0 aromatic heterocycles. The van der Waals surface area contributed by atoms with Gasteiger partial charge in [-0.05, 0) is 48.2 Å². The molecule has 0 aliphatic carbocycles. The average Bonchev–Trinajstić information content (AvgIpc) is 2.39. The monoisotopic (exact) mass is 250 g/mol. The van der Waals surface area contributed by atoms with Crippen LogP contribution in [0.5, 0.6) is 0 Å². The zero-order valence-corrected chi connectivity index (χ0v) is 11.6. The fraction of sp³-hybridized carbons (Fsp3) is 0.235. The maximum absolute atomic E-state index is 9.11. The lowest BCUT2D eigenvalue weighted by atomic mass is 10.0. The summed E-state index contributed by atoms with van der Waals surface area (Å²) in [5, 5.41) is 12.4. The molecule has 2 rings (SSSR count). The van der Waals surface area contributed by atoms with Gasteiger partial charge in [-0.15, -0.1) is 0 Å². The Hall–Kier alpha value is -2.27. The summed E-state index contributed by atoms with van der Waals surface area (Å²) in [4.78, 5) is 0. The van der Waals surface area contributed by atoms with Crippen LogP contribution < -0.4 is 5.32 Å². The standard InChI is InChI=1S/C17H18N2/c1-12(2)14-6-8-16(9-7-14)19-17-10-13(3)4-5-15(17)11-18/h4-10,12,19H,1-3H3. The topological polar surface area (TPSA) is 35.8 Å². The van der Waals surface area contributed by atoms with Gasteiger partial charge in [-0.1, -0.05) is 32.0 Å². The van der Waals surface area contributed by atoms with Gasteiger partial charge in [-0.2, -0.15) is 5.26 Å². The lowest BCUT2D eigenvalue weighted by molar-refractivity contribution is 0.867. The first kappa shape index (κ1) is 13.2. The van der Waals surface area contributed by atoms with Gasteiger partial charge in [-0.25, -0.2) is 0 Å². The fourth-order valence-electron chi connectivity index (χ4n) is 1.97. The van der Waals surface area contributed by atoms with Crippen LogP contribution in [-0.4, -0.2) is 0 Å². The van der Waals surface area contributed by atoms with Gasteiger partial charge >= 0.3 is 0 Å². The molecule has 1 N–H and O–H groups in total. The number of benzene rings is 2. The first-order valence-electron chi connectivity index (χ1n) is 6.48. The highest BCUT2D eigenvalue weighted by Gasteiger charge is 2.03. The molecule has 0 saturated carbocycles. The maximum Gasteiger partial charge on any atom is 0.101 e. The molecule has 19 heavy (non-hydrogen) atoms. The molecule has 2 heteroatoms. The lowest BCUT2D eigenvalue weighted by Gasteiger charge is -2.11. The Morgan fingerprint density at radius 1 is 1.05 bits per heavy atom. The summed E-state index contributed by atoms with van der Waals surface area (Å²) in [7, 11) is 0. The third kappa shape index (κ3) is 3.14. The third-order valence-electron chi connectivity index (χ3n) is 3.15. The second kappa shape index (κ2) is 5.58. The normalized spacial score (nSPS) is 10.3. The van der Waals surface area contributed by atoms with Crippen molar-refractivity contribution in [2.24, 2.45) is 0 Å². The van der Waals surface area contributed by atoms with Crippen molar-refractivity contribution in [3.8, 4) is 6.07 Å². The van der Waals surface area contributed by atoms with E-state index in [9.17, 15) is 0 Å². The van der Waals surface area contributed by atoms with Crippen molar-refractivity contribution >= 4 is 11.4 Å². The van der Waals surface area contributed by atoms with Gasteiger partial charge in [0.1, 0.15) is 6.07 Å². The molecule has 96 valence electrons. The van der Waals surface area contributed by atoms with Gasteiger partial charge in [0.2, 0.25) is 0 Å². The van der Waals surface area contributed by atoms with Crippen LogP contribution in [-0.2, 0) is 0 Å². The molecule has 0 spiro atoms. The van der Waals surface area contributed by atoms with Crippen molar-refractivity contribution in [1.82, 2.24) is 0 Å². The zero-order valence-electron chi connectivity index (χ0n) is 11.6. The Bertz CT molecular complexity index is 604. The molecule has 0 aliphatic rings. The summed E-state index contributed by atoms with van der Waals surface area (Å²) in [5.74, 6) is 0.530. The number of anilines is 2. The minimum absolute atomic E-state index is 0.530. The fourth-order valence-corrected chi connectivity index (χ4v) is 1.97.